The summed E-state index contributed by atoms with van der Waals surface area (Å²) in [6.45, 7) is 0.662. The highest BCUT2D eigenvalue weighted by atomic mass is 35.5. The van der Waals surface area contributed by atoms with E-state index in [0.717, 1.165) is 17.7 Å². The smallest absolute Gasteiger partial charge is 0.258 e. The predicted octanol–water partition coefficient (Wildman–Crippen LogP) is 3.13. The van der Waals surface area contributed by atoms with Crippen molar-refractivity contribution in [2.45, 2.75) is 6.42 Å². The number of fused-ring (bicyclic) bond motifs is 1. The van der Waals surface area contributed by atoms with Gasteiger partial charge in [-0.05, 0) is 36.2 Å². The zero-order chi connectivity index (χ0) is 13.4. The van der Waals surface area contributed by atoms with Crippen molar-refractivity contribution in [3.05, 3.63) is 58.6 Å². The van der Waals surface area contributed by atoms with Crippen LogP contribution in [0.25, 0.3) is 0 Å². The summed E-state index contributed by atoms with van der Waals surface area (Å²) in [5.41, 5.74) is 9.18. The molecule has 0 atom stereocenters. The molecule has 0 aromatic heterocycles. The van der Waals surface area contributed by atoms with Crippen molar-refractivity contribution < 1.29 is 4.79 Å². The first-order valence-corrected chi connectivity index (χ1v) is 6.49. The third-order valence-corrected chi connectivity index (χ3v) is 3.58. The zero-order valence-electron chi connectivity index (χ0n) is 10.3. The largest absolute Gasteiger partial charge is 0.397 e. The van der Waals surface area contributed by atoms with Crippen LogP contribution in [0.3, 0.4) is 0 Å². The van der Waals surface area contributed by atoms with Crippen LogP contribution in [0.5, 0.6) is 0 Å². The molecule has 0 fully saturated rings. The third kappa shape index (κ3) is 2.06. The van der Waals surface area contributed by atoms with E-state index in [1.54, 1.807) is 29.2 Å². The van der Waals surface area contributed by atoms with Crippen LogP contribution in [0, 0.1) is 0 Å². The van der Waals surface area contributed by atoms with E-state index >= 15 is 0 Å². The number of carbonyl (C=O) groups excluding carboxylic acids is 1. The molecule has 0 saturated carbocycles. The van der Waals surface area contributed by atoms with Gasteiger partial charge in [-0.25, -0.2) is 0 Å². The average Bonchev–Trinajstić information content (AvgIpc) is 2.83. The number of halogens is 1. The lowest BCUT2D eigenvalue weighted by atomic mass is 10.1. The quantitative estimate of drug-likeness (QED) is 0.811. The number of benzene rings is 2. The standard InChI is InChI=1S/C15H13ClN2O/c16-12-5-1-4-11(9-12)15(19)18-8-7-10-3-2-6-13(17)14(10)18/h1-6,9H,7-8,17H2. The van der Waals surface area contributed by atoms with Gasteiger partial charge in [0.15, 0.2) is 0 Å². The van der Waals surface area contributed by atoms with E-state index in [2.05, 4.69) is 0 Å². The number of anilines is 2. The first-order valence-electron chi connectivity index (χ1n) is 6.11. The van der Waals surface area contributed by atoms with Crippen molar-refractivity contribution in [1.29, 1.82) is 0 Å². The van der Waals surface area contributed by atoms with Gasteiger partial charge in [0.1, 0.15) is 0 Å². The highest BCUT2D eigenvalue weighted by molar-refractivity contribution is 6.31. The number of hydrogen-bond acceptors (Lipinski definition) is 2. The number of para-hydroxylation sites is 1. The van der Waals surface area contributed by atoms with Crippen molar-refractivity contribution in [1.82, 2.24) is 0 Å². The third-order valence-electron chi connectivity index (χ3n) is 3.34. The number of nitrogens with zero attached hydrogens (tertiary/aromatic N) is 1. The van der Waals surface area contributed by atoms with E-state index < -0.39 is 0 Å². The Labute approximate surface area is 116 Å². The molecule has 2 aromatic carbocycles. The first-order chi connectivity index (χ1) is 9.16. The van der Waals surface area contributed by atoms with Gasteiger partial charge in [-0.1, -0.05) is 29.8 Å². The summed E-state index contributed by atoms with van der Waals surface area (Å²) in [5.74, 6) is -0.0563. The van der Waals surface area contributed by atoms with E-state index in [9.17, 15) is 4.79 Å². The molecule has 1 amide bonds. The molecule has 0 unspecified atom stereocenters. The predicted molar refractivity (Wildman–Crippen MR) is 77.7 cm³/mol. The zero-order valence-corrected chi connectivity index (χ0v) is 11.0. The number of nitrogens with two attached hydrogens (primary N) is 1. The van der Waals surface area contributed by atoms with E-state index in [1.165, 1.54) is 0 Å². The SMILES string of the molecule is Nc1cccc2c1N(C(=O)c1cccc(Cl)c1)CC2. The van der Waals surface area contributed by atoms with Crippen LogP contribution >= 0.6 is 11.6 Å². The maximum atomic E-state index is 12.5. The molecule has 0 radical (unpaired) electrons. The summed E-state index contributed by atoms with van der Waals surface area (Å²) < 4.78 is 0. The second-order valence-electron chi connectivity index (χ2n) is 4.57. The Morgan fingerprint density at radius 2 is 2.00 bits per heavy atom. The van der Waals surface area contributed by atoms with Gasteiger partial charge >= 0.3 is 0 Å². The Balaban J connectivity index is 2.00. The first kappa shape index (κ1) is 12.1. The van der Waals surface area contributed by atoms with Crippen LogP contribution in [0.4, 0.5) is 11.4 Å². The Hall–Kier alpha value is -2.00. The number of nitrogen functional groups attached to an aromatic ring is 1. The maximum absolute atomic E-state index is 12.5. The molecule has 3 nitrogen and oxygen atoms in total. The van der Waals surface area contributed by atoms with Crippen molar-refractivity contribution >= 4 is 28.9 Å². The van der Waals surface area contributed by atoms with Gasteiger partial charge < -0.3 is 10.6 Å². The molecule has 0 saturated heterocycles. The summed E-state index contributed by atoms with van der Waals surface area (Å²) in [6.07, 6.45) is 0.840. The molecule has 2 aromatic rings. The second-order valence-corrected chi connectivity index (χ2v) is 5.01. The van der Waals surface area contributed by atoms with Gasteiger partial charge in [-0.15, -0.1) is 0 Å². The lowest BCUT2D eigenvalue weighted by Gasteiger charge is -2.19. The summed E-state index contributed by atoms with van der Waals surface area (Å²) in [7, 11) is 0. The Morgan fingerprint density at radius 1 is 1.21 bits per heavy atom. The van der Waals surface area contributed by atoms with Gasteiger partial charge in [-0.3, -0.25) is 4.79 Å². The van der Waals surface area contributed by atoms with Crippen LogP contribution < -0.4 is 10.6 Å². The van der Waals surface area contributed by atoms with Crippen LogP contribution in [-0.4, -0.2) is 12.5 Å². The van der Waals surface area contributed by atoms with Crippen LogP contribution in [0.2, 0.25) is 5.02 Å². The Bertz CT molecular complexity index is 654. The number of amides is 1. The Morgan fingerprint density at radius 3 is 2.79 bits per heavy atom. The molecule has 1 aliphatic rings. The van der Waals surface area contributed by atoms with Gasteiger partial charge in [0.25, 0.3) is 5.91 Å². The molecule has 0 bridgehead atoms. The fourth-order valence-corrected chi connectivity index (χ4v) is 2.66. The maximum Gasteiger partial charge on any atom is 0.258 e. The normalized spacial score (nSPS) is 13.4. The minimum atomic E-state index is -0.0563. The minimum Gasteiger partial charge on any atom is -0.397 e. The average molecular weight is 273 g/mol. The summed E-state index contributed by atoms with van der Waals surface area (Å²) in [4.78, 5) is 14.3. The lowest BCUT2D eigenvalue weighted by molar-refractivity contribution is 0.0989. The fourth-order valence-electron chi connectivity index (χ4n) is 2.47. The van der Waals surface area contributed by atoms with Crippen LogP contribution in [-0.2, 0) is 6.42 Å². The molecular formula is C15H13ClN2O. The summed E-state index contributed by atoms with van der Waals surface area (Å²) in [6, 6.07) is 12.7. The number of carbonyl (C=O) groups is 1. The molecule has 0 aliphatic carbocycles. The van der Waals surface area contributed by atoms with E-state index in [4.69, 9.17) is 17.3 Å². The van der Waals surface area contributed by atoms with Gasteiger partial charge in [-0.2, -0.15) is 0 Å². The molecule has 4 heteroatoms. The van der Waals surface area contributed by atoms with Crippen LogP contribution in [0.1, 0.15) is 15.9 Å². The minimum absolute atomic E-state index is 0.0563. The molecule has 96 valence electrons. The number of rotatable bonds is 1. The molecule has 2 N–H and O–H groups in total. The van der Waals surface area contributed by atoms with Crippen LogP contribution in [0.15, 0.2) is 42.5 Å². The van der Waals surface area contributed by atoms with E-state index in [1.807, 2.05) is 18.2 Å². The van der Waals surface area contributed by atoms with Gasteiger partial charge in [0, 0.05) is 17.1 Å². The molecule has 1 heterocycles. The number of hydrogen-bond donors (Lipinski definition) is 1. The highest BCUT2D eigenvalue weighted by Gasteiger charge is 2.27. The highest BCUT2D eigenvalue weighted by Crippen LogP contribution is 2.34. The molecule has 0 spiro atoms. The fraction of sp³-hybridized carbons (Fsp3) is 0.133. The van der Waals surface area contributed by atoms with E-state index in [0.29, 0.717) is 22.8 Å². The Kier molecular flexibility index (Phi) is 2.91. The van der Waals surface area contributed by atoms with Crippen molar-refractivity contribution in [2.75, 3.05) is 17.2 Å². The summed E-state index contributed by atoms with van der Waals surface area (Å²) in [5, 5.41) is 0.561. The molecular weight excluding hydrogens is 260 g/mol. The lowest BCUT2D eigenvalue weighted by Crippen LogP contribution is -2.29. The monoisotopic (exact) mass is 272 g/mol. The van der Waals surface area contributed by atoms with Gasteiger partial charge in [0.05, 0.1) is 11.4 Å². The topological polar surface area (TPSA) is 46.3 Å². The molecule has 1 aliphatic heterocycles. The molecule has 19 heavy (non-hydrogen) atoms. The van der Waals surface area contributed by atoms with Crippen molar-refractivity contribution in [3.8, 4) is 0 Å². The van der Waals surface area contributed by atoms with Crippen molar-refractivity contribution in [3.63, 3.8) is 0 Å². The van der Waals surface area contributed by atoms with Crippen molar-refractivity contribution in [2.24, 2.45) is 0 Å². The second kappa shape index (κ2) is 4.59. The van der Waals surface area contributed by atoms with Gasteiger partial charge in [0.2, 0.25) is 0 Å². The van der Waals surface area contributed by atoms with E-state index in [-0.39, 0.29) is 5.91 Å². The molecule has 3 rings (SSSR count). The summed E-state index contributed by atoms with van der Waals surface area (Å²) >= 11 is 5.93.